The second-order valence-electron chi connectivity index (χ2n) is 6.19. The van der Waals surface area contributed by atoms with Crippen LogP contribution in [0.3, 0.4) is 0 Å². The number of benzene rings is 1. The Morgan fingerprint density at radius 1 is 1.11 bits per heavy atom. The maximum Gasteiger partial charge on any atom is 0.233 e. The van der Waals surface area contributed by atoms with Crippen LogP contribution in [0, 0.1) is 11.3 Å². The van der Waals surface area contributed by atoms with Crippen molar-refractivity contribution in [1.82, 2.24) is 9.88 Å². The number of pyridine rings is 1. The zero-order valence-electron chi connectivity index (χ0n) is 14.9. The first-order valence-corrected chi connectivity index (χ1v) is 9.37. The monoisotopic (exact) mass is 417 g/mol. The van der Waals surface area contributed by atoms with Crippen molar-refractivity contribution in [1.29, 1.82) is 5.26 Å². The van der Waals surface area contributed by atoms with Crippen LogP contribution in [0.5, 0.6) is 0 Å². The van der Waals surface area contributed by atoms with E-state index in [2.05, 4.69) is 21.3 Å². The summed E-state index contributed by atoms with van der Waals surface area (Å²) in [4.78, 5) is 32.1. The van der Waals surface area contributed by atoms with Crippen LogP contribution in [-0.2, 0) is 9.59 Å². The predicted octanol–water partition coefficient (Wildman–Crippen LogP) is 2.94. The van der Waals surface area contributed by atoms with Gasteiger partial charge in [0.05, 0.1) is 16.9 Å². The summed E-state index contributed by atoms with van der Waals surface area (Å²) >= 11 is 11.6. The molecule has 28 heavy (non-hydrogen) atoms. The Balaban J connectivity index is 1.54. The Labute approximate surface area is 172 Å². The largest absolute Gasteiger partial charge is 0.367 e. The zero-order valence-corrected chi connectivity index (χ0v) is 16.4. The van der Waals surface area contributed by atoms with Gasteiger partial charge < -0.3 is 15.1 Å². The molecule has 144 valence electrons. The van der Waals surface area contributed by atoms with Gasteiger partial charge in [-0.05, 0) is 24.3 Å². The first-order valence-electron chi connectivity index (χ1n) is 8.61. The summed E-state index contributed by atoms with van der Waals surface area (Å²) in [6, 6.07) is 12.6. The minimum Gasteiger partial charge on any atom is -0.367 e. The van der Waals surface area contributed by atoms with E-state index < -0.39 is 5.91 Å². The van der Waals surface area contributed by atoms with Crippen molar-refractivity contribution >= 4 is 46.4 Å². The highest BCUT2D eigenvalue weighted by atomic mass is 35.5. The highest BCUT2D eigenvalue weighted by Crippen LogP contribution is 2.23. The molecule has 2 amide bonds. The third-order valence-electron chi connectivity index (χ3n) is 4.40. The second-order valence-corrected chi connectivity index (χ2v) is 6.94. The predicted molar refractivity (Wildman–Crippen MR) is 107 cm³/mol. The molecule has 3 rings (SSSR count). The number of amides is 2. The third kappa shape index (κ3) is 4.71. The highest BCUT2D eigenvalue weighted by Gasteiger charge is 2.24. The van der Waals surface area contributed by atoms with Gasteiger partial charge in [0.15, 0.2) is 5.15 Å². The van der Waals surface area contributed by atoms with Crippen LogP contribution in [0.15, 0.2) is 36.4 Å². The second kappa shape index (κ2) is 8.91. The first kappa shape index (κ1) is 19.9. The normalized spacial score (nSPS) is 13.8. The number of aromatic nitrogens is 1. The van der Waals surface area contributed by atoms with E-state index in [1.54, 1.807) is 11.0 Å². The minimum atomic E-state index is -0.465. The van der Waals surface area contributed by atoms with Gasteiger partial charge in [-0.15, -0.1) is 0 Å². The number of carbonyl (C=O) groups excluding carboxylic acids is 2. The SMILES string of the molecule is N#Cc1ccccc1N1CCN(C(=O)CC(=O)Nc2ccc(Cl)nc2Cl)CC1. The maximum absolute atomic E-state index is 12.4. The van der Waals surface area contributed by atoms with Gasteiger partial charge in [-0.25, -0.2) is 4.98 Å². The van der Waals surface area contributed by atoms with E-state index in [4.69, 9.17) is 23.2 Å². The van der Waals surface area contributed by atoms with Gasteiger partial charge in [-0.1, -0.05) is 35.3 Å². The van der Waals surface area contributed by atoms with Crippen LogP contribution in [0.2, 0.25) is 10.3 Å². The van der Waals surface area contributed by atoms with E-state index >= 15 is 0 Å². The number of carbonyl (C=O) groups is 2. The molecule has 1 N–H and O–H groups in total. The van der Waals surface area contributed by atoms with Crippen molar-refractivity contribution in [2.45, 2.75) is 6.42 Å². The summed E-state index contributed by atoms with van der Waals surface area (Å²) in [5.41, 5.74) is 1.77. The summed E-state index contributed by atoms with van der Waals surface area (Å²) in [6.07, 6.45) is -0.284. The zero-order chi connectivity index (χ0) is 20.1. The fourth-order valence-electron chi connectivity index (χ4n) is 2.99. The van der Waals surface area contributed by atoms with Gasteiger partial charge in [0.1, 0.15) is 17.6 Å². The molecule has 2 heterocycles. The number of hydrogen-bond donors (Lipinski definition) is 1. The van der Waals surface area contributed by atoms with Crippen LogP contribution < -0.4 is 10.2 Å². The lowest BCUT2D eigenvalue weighted by molar-refractivity contribution is -0.134. The minimum absolute atomic E-state index is 0.0677. The van der Waals surface area contributed by atoms with Crippen LogP contribution >= 0.6 is 23.2 Å². The molecular weight excluding hydrogens is 401 g/mol. The van der Waals surface area contributed by atoms with Gasteiger partial charge in [0.2, 0.25) is 11.8 Å². The molecule has 1 aromatic carbocycles. The number of rotatable bonds is 4. The smallest absolute Gasteiger partial charge is 0.233 e. The molecule has 1 fully saturated rings. The Bertz CT molecular complexity index is 936. The molecule has 0 radical (unpaired) electrons. The van der Waals surface area contributed by atoms with Crippen molar-refractivity contribution in [3.8, 4) is 6.07 Å². The molecule has 0 atom stereocenters. The molecule has 1 aromatic heterocycles. The number of nitrogens with one attached hydrogen (secondary N) is 1. The molecule has 0 aliphatic carbocycles. The van der Waals surface area contributed by atoms with Gasteiger partial charge in [-0.3, -0.25) is 9.59 Å². The topological polar surface area (TPSA) is 89.3 Å². The lowest BCUT2D eigenvalue weighted by Crippen LogP contribution is -2.49. The standard InChI is InChI=1S/C19H17Cl2N5O2/c20-16-6-5-14(19(21)24-16)23-17(27)11-18(28)26-9-7-25(8-10-26)15-4-2-1-3-13(15)12-22/h1-6H,7-11H2,(H,23,27). The lowest BCUT2D eigenvalue weighted by atomic mass is 10.1. The van der Waals surface area contributed by atoms with Crippen molar-refractivity contribution in [2.75, 3.05) is 36.4 Å². The summed E-state index contributed by atoms with van der Waals surface area (Å²) in [7, 11) is 0. The fourth-order valence-corrected chi connectivity index (χ4v) is 3.38. The van der Waals surface area contributed by atoms with E-state index in [0.717, 1.165) is 5.69 Å². The van der Waals surface area contributed by atoms with Crippen molar-refractivity contribution in [2.24, 2.45) is 0 Å². The Morgan fingerprint density at radius 3 is 2.50 bits per heavy atom. The summed E-state index contributed by atoms with van der Waals surface area (Å²) in [6.45, 7) is 2.15. The molecule has 1 aliphatic heterocycles. The maximum atomic E-state index is 12.4. The fraction of sp³-hybridized carbons (Fsp3) is 0.263. The van der Waals surface area contributed by atoms with Crippen LogP contribution in [0.25, 0.3) is 0 Å². The lowest BCUT2D eigenvalue weighted by Gasteiger charge is -2.36. The van der Waals surface area contributed by atoms with E-state index in [1.165, 1.54) is 12.1 Å². The molecule has 0 spiro atoms. The highest BCUT2D eigenvalue weighted by molar-refractivity contribution is 6.34. The molecule has 9 heteroatoms. The molecule has 1 aliphatic rings. The molecule has 7 nitrogen and oxygen atoms in total. The molecule has 0 saturated carbocycles. The first-order chi connectivity index (χ1) is 13.5. The van der Waals surface area contributed by atoms with E-state index in [9.17, 15) is 14.9 Å². The van der Waals surface area contributed by atoms with Crippen molar-refractivity contribution < 1.29 is 9.59 Å². The van der Waals surface area contributed by atoms with Crippen LogP contribution in [-0.4, -0.2) is 47.9 Å². The summed E-state index contributed by atoms with van der Waals surface area (Å²) < 4.78 is 0. The van der Waals surface area contributed by atoms with Gasteiger partial charge >= 0.3 is 0 Å². The van der Waals surface area contributed by atoms with E-state index in [-0.39, 0.29) is 22.6 Å². The molecule has 0 unspecified atom stereocenters. The van der Waals surface area contributed by atoms with Gasteiger partial charge in [0, 0.05) is 26.2 Å². The number of piperazine rings is 1. The Hall–Kier alpha value is -2.82. The van der Waals surface area contributed by atoms with E-state index in [1.807, 2.05) is 18.2 Å². The van der Waals surface area contributed by atoms with Gasteiger partial charge in [0.25, 0.3) is 0 Å². The quantitative estimate of drug-likeness (QED) is 0.609. The molecule has 1 saturated heterocycles. The molecule has 2 aromatic rings. The van der Waals surface area contributed by atoms with Gasteiger partial charge in [-0.2, -0.15) is 5.26 Å². The number of nitriles is 1. The van der Waals surface area contributed by atoms with Crippen LogP contribution in [0.4, 0.5) is 11.4 Å². The van der Waals surface area contributed by atoms with Crippen molar-refractivity contribution in [3.63, 3.8) is 0 Å². The summed E-state index contributed by atoms with van der Waals surface area (Å²) in [5, 5.41) is 12.1. The summed E-state index contributed by atoms with van der Waals surface area (Å²) in [5.74, 6) is -0.725. The number of nitrogens with zero attached hydrogens (tertiary/aromatic N) is 4. The van der Waals surface area contributed by atoms with Crippen LogP contribution in [0.1, 0.15) is 12.0 Å². The number of hydrogen-bond acceptors (Lipinski definition) is 5. The Kier molecular flexibility index (Phi) is 6.34. The van der Waals surface area contributed by atoms with E-state index in [0.29, 0.717) is 37.4 Å². The number of para-hydroxylation sites is 1. The molecular formula is C19H17Cl2N5O2. The third-order valence-corrected chi connectivity index (χ3v) is 4.90. The molecule has 0 bridgehead atoms. The number of halogens is 2. The van der Waals surface area contributed by atoms with Crippen molar-refractivity contribution in [3.05, 3.63) is 52.3 Å². The average molecular weight is 418 g/mol. The Morgan fingerprint density at radius 2 is 1.82 bits per heavy atom. The number of anilines is 2. The average Bonchev–Trinajstić information content (AvgIpc) is 2.70.